The van der Waals surface area contributed by atoms with Gasteiger partial charge in [0, 0.05) is 6.54 Å². The molecule has 0 saturated carbocycles. The first kappa shape index (κ1) is 20.1. The number of hydrogen-bond acceptors (Lipinski definition) is 3. The summed E-state index contributed by atoms with van der Waals surface area (Å²) in [5.41, 5.74) is 2.63. The summed E-state index contributed by atoms with van der Waals surface area (Å²) in [5, 5.41) is 10.4. The summed E-state index contributed by atoms with van der Waals surface area (Å²) >= 11 is 0. The zero-order valence-electron chi connectivity index (χ0n) is 16.5. The van der Waals surface area contributed by atoms with Crippen molar-refractivity contribution in [3.63, 3.8) is 0 Å². The Labute approximate surface area is 164 Å². The molecule has 1 aliphatic heterocycles. The summed E-state index contributed by atoms with van der Waals surface area (Å²) in [6.45, 7) is 5.39. The Bertz CT molecular complexity index is 638. The Morgan fingerprint density at radius 2 is 1.63 bits per heavy atom. The number of aliphatic hydroxyl groups excluding tert-OH is 1. The van der Waals surface area contributed by atoms with Crippen molar-refractivity contribution in [3.8, 4) is 0 Å². The second kappa shape index (κ2) is 10.6. The number of hydrogen-bond donors (Lipinski definition) is 1. The van der Waals surface area contributed by atoms with Crippen LogP contribution in [-0.2, 0) is 11.2 Å². The van der Waals surface area contributed by atoms with Crippen molar-refractivity contribution in [2.45, 2.75) is 44.8 Å². The molecule has 0 unspecified atom stereocenters. The average molecular weight is 368 g/mol. The molecule has 1 N–H and O–H groups in total. The fourth-order valence-electron chi connectivity index (χ4n) is 4.02. The highest BCUT2D eigenvalue weighted by molar-refractivity contribution is 5.17. The molecule has 27 heavy (non-hydrogen) atoms. The second-order valence-corrected chi connectivity index (χ2v) is 7.73. The van der Waals surface area contributed by atoms with Crippen molar-refractivity contribution in [1.29, 1.82) is 0 Å². The van der Waals surface area contributed by atoms with E-state index in [0.29, 0.717) is 13.2 Å². The van der Waals surface area contributed by atoms with Crippen molar-refractivity contribution >= 4 is 0 Å². The molecular weight excluding hydrogens is 334 g/mol. The van der Waals surface area contributed by atoms with Crippen LogP contribution in [0.15, 0.2) is 60.7 Å². The highest BCUT2D eigenvalue weighted by Crippen LogP contribution is 2.23. The van der Waals surface area contributed by atoms with Gasteiger partial charge in [-0.25, -0.2) is 0 Å². The first-order valence-electron chi connectivity index (χ1n) is 10.4. The van der Waals surface area contributed by atoms with Crippen LogP contribution in [-0.4, -0.2) is 42.4 Å². The van der Waals surface area contributed by atoms with Gasteiger partial charge in [-0.3, -0.25) is 0 Å². The van der Waals surface area contributed by atoms with Crippen LogP contribution in [0.5, 0.6) is 0 Å². The molecule has 1 aliphatic rings. The Hall–Kier alpha value is -1.68. The fourth-order valence-corrected chi connectivity index (χ4v) is 4.02. The summed E-state index contributed by atoms with van der Waals surface area (Å²) in [7, 11) is 0. The molecule has 1 fully saturated rings. The third kappa shape index (κ3) is 6.46. The molecule has 1 saturated heterocycles. The van der Waals surface area contributed by atoms with E-state index in [0.717, 1.165) is 25.4 Å². The predicted octanol–water partition coefficient (Wildman–Crippen LogP) is 4.47. The van der Waals surface area contributed by atoms with E-state index in [4.69, 9.17) is 4.74 Å². The molecule has 3 rings (SSSR count). The van der Waals surface area contributed by atoms with E-state index >= 15 is 0 Å². The number of nitrogens with zero attached hydrogens (tertiary/aromatic N) is 1. The summed E-state index contributed by atoms with van der Waals surface area (Å²) in [5.74, 6) is 0.764. The van der Waals surface area contributed by atoms with Gasteiger partial charge in [-0.05, 0) is 55.8 Å². The zero-order valence-corrected chi connectivity index (χ0v) is 16.5. The Balaban J connectivity index is 1.37. The highest BCUT2D eigenvalue weighted by atomic mass is 16.5. The molecule has 3 heteroatoms. The molecule has 2 atom stereocenters. The standard InChI is InChI=1S/C24H33NO2/c1-2-24(22-11-7-4-8-12-22)27-19-23(26)18-25-15-13-21(14-16-25)17-20-9-5-3-6-10-20/h3-12,21,23-24,26H,2,13-19H2,1H3/t23-,24+/m0/s1. The fraction of sp³-hybridized carbons (Fsp3) is 0.500. The third-order valence-corrected chi connectivity index (χ3v) is 5.58. The molecule has 2 aromatic carbocycles. The third-order valence-electron chi connectivity index (χ3n) is 5.58. The minimum Gasteiger partial charge on any atom is -0.389 e. The Morgan fingerprint density at radius 3 is 2.26 bits per heavy atom. The number of β-amino-alcohol motifs (C(OH)–C–C–N with tert-alkyl or cyclic N) is 1. The van der Waals surface area contributed by atoms with E-state index in [1.165, 1.54) is 30.4 Å². The molecule has 2 aromatic rings. The maximum atomic E-state index is 10.4. The van der Waals surface area contributed by atoms with E-state index in [-0.39, 0.29) is 6.10 Å². The lowest BCUT2D eigenvalue weighted by Crippen LogP contribution is -2.40. The van der Waals surface area contributed by atoms with Crippen molar-refractivity contribution in [1.82, 2.24) is 4.90 Å². The molecule has 0 bridgehead atoms. The van der Waals surface area contributed by atoms with Crippen LogP contribution in [0.25, 0.3) is 0 Å². The highest BCUT2D eigenvalue weighted by Gasteiger charge is 2.22. The number of piperidine rings is 1. The topological polar surface area (TPSA) is 32.7 Å². The van der Waals surface area contributed by atoms with Gasteiger partial charge in [0.1, 0.15) is 0 Å². The summed E-state index contributed by atoms with van der Waals surface area (Å²) in [6.07, 6.45) is 4.16. The smallest absolute Gasteiger partial charge is 0.0900 e. The van der Waals surface area contributed by atoms with Crippen molar-refractivity contribution in [2.24, 2.45) is 5.92 Å². The lowest BCUT2D eigenvalue weighted by atomic mass is 9.90. The van der Waals surface area contributed by atoms with Gasteiger partial charge in [0.05, 0.1) is 18.8 Å². The first-order chi connectivity index (χ1) is 13.2. The lowest BCUT2D eigenvalue weighted by molar-refractivity contribution is -0.0266. The van der Waals surface area contributed by atoms with Crippen molar-refractivity contribution in [3.05, 3.63) is 71.8 Å². The first-order valence-corrected chi connectivity index (χ1v) is 10.4. The molecular formula is C24H33NO2. The number of benzene rings is 2. The zero-order chi connectivity index (χ0) is 18.9. The SMILES string of the molecule is CC[C@@H](OC[C@@H](O)CN1CCC(Cc2ccccc2)CC1)c1ccccc1. The van der Waals surface area contributed by atoms with Gasteiger partial charge in [0.15, 0.2) is 0 Å². The predicted molar refractivity (Wildman–Crippen MR) is 111 cm³/mol. The Kier molecular flexibility index (Phi) is 7.88. The van der Waals surface area contributed by atoms with Crippen molar-refractivity contribution in [2.75, 3.05) is 26.2 Å². The van der Waals surface area contributed by atoms with Gasteiger partial charge < -0.3 is 14.7 Å². The van der Waals surface area contributed by atoms with Gasteiger partial charge in [-0.15, -0.1) is 0 Å². The van der Waals surface area contributed by atoms with Crippen LogP contribution in [0, 0.1) is 5.92 Å². The van der Waals surface area contributed by atoms with Gasteiger partial charge in [-0.2, -0.15) is 0 Å². The second-order valence-electron chi connectivity index (χ2n) is 7.73. The molecule has 0 amide bonds. The van der Waals surface area contributed by atoms with Crippen LogP contribution in [0.4, 0.5) is 0 Å². The van der Waals surface area contributed by atoms with Gasteiger partial charge in [-0.1, -0.05) is 67.6 Å². The van der Waals surface area contributed by atoms with Crippen molar-refractivity contribution < 1.29 is 9.84 Å². The van der Waals surface area contributed by atoms with E-state index < -0.39 is 6.10 Å². The van der Waals surface area contributed by atoms with Gasteiger partial charge in [0.25, 0.3) is 0 Å². The number of likely N-dealkylation sites (tertiary alicyclic amines) is 1. The number of aliphatic hydroxyl groups is 1. The average Bonchev–Trinajstić information content (AvgIpc) is 2.71. The Morgan fingerprint density at radius 1 is 1.00 bits per heavy atom. The van der Waals surface area contributed by atoms with Crippen LogP contribution in [0.2, 0.25) is 0 Å². The van der Waals surface area contributed by atoms with Crippen LogP contribution < -0.4 is 0 Å². The molecule has 1 heterocycles. The maximum Gasteiger partial charge on any atom is 0.0900 e. The van der Waals surface area contributed by atoms with Crippen LogP contribution >= 0.6 is 0 Å². The number of rotatable bonds is 9. The van der Waals surface area contributed by atoms with E-state index in [9.17, 15) is 5.11 Å². The van der Waals surface area contributed by atoms with Gasteiger partial charge >= 0.3 is 0 Å². The molecule has 0 aliphatic carbocycles. The quantitative estimate of drug-likeness (QED) is 0.710. The van der Waals surface area contributed by atoms with Crippen LogP contribution in [0.3, 0.4) is 0 Å². The monoisotopic (exact) mass is 367 g/mol. The summed E-state index contributed by atoms with van der Waals surface area (Å²) < 4.78 is 6.00. The molecule has 3 nitrogen and oxygen atoms in total. The number of ether oxygens (including phenoxy) is 1. The van der Waals surface area contributed by atoms with Crippen LogP contribution in [0.1, 0.15) is 43.4 Å². The maximum absolute atomic E-state index is 10.4. The van der Waals surface area contributed by atoms with E-state index in [1.807, 2.05) is 18.2 Å². The van der Waals surface area contributed by atoms with E-state index in [2.05, 4.69) is 54.3 Å². The molecule has 0 spiro atoms. The summed E-state index contributed by atoms with van der Waals surface area (Å²) in [4.78, 5) is 2.39. The molecule has 0 radical (unpaired) electrons. The van der Waals surface area contributed by atoms with E-state index in [1.54, 1.807) is 0 Å². The normalized spacial score (nSPS) is 18.3. The minimum absolute atomic E-state index is 0.0671. The molecule has 0 aromatic heterocycles. The minimum atomic E-state index is -0.423. The summed E-state index contributed by atoms with van der Waals surface area (Å²) in [6, 6.07) is 21.1. The molecule has 146 valence electrons. The lowest BCUT2D eigenvalue weighted by Gasteiger charge is -2.33. The van der Waals surface area contributed by atoms with Gasteiger partial charge in [0.2, 0.25) is 0 Å². The largest absolute Gasteiger partial charge is 0.389 e.